The summed E-state index contributed by atoms with van der Waals surface area (Å²) in [6.45, 7) is 1.72. The van der Waals surface area contributed by atoms with Gasteiger partial charge in [0.2, 0.25) is 6.79 Å². The number of hydrogen-bond donors (Lipinski definition) is 0. The fourth-order valence-electron chi connectivity index (χ4n) is 1.42. The molecule has 0 aromatic heterocycles. The quantitative estimate of drug-likeness (QED) is 0.600. The molecule has 1 atom stereocenters. The van der Waals surface area contributed by atoms with Gasteiger partial charge < -0.3 is 14.2 Å². The molecule has 1 aromatic rings. The number of nitriles is 1. The molecule has 18 heavy (non-hydrogen) atoms. The number of hydrogen-bond acceptors (Lipinski definition) is 5. The summed E-state index contributed by atoms with van der Waals surface area (Å²) in [5, 5.41) is 8.49. The molecule has 0 saturated heterocycles. The van der Waals surface area contributed by atoms with Crippen LogP contribution in [0.2, 0.25) is 0 Å². The van der Waals surface area contributed by atoms with Crippen LogP contribution in [0, 0.1) is 11.3 Å². The number of benzene rings is 1. The molecular formula is C13H11NO4. The van der Waals surface area contributed by atoms with E-state index in [0.717, 1.165) is 5.56 Å². The van der Waals surface area contributed by atoms with Crippen LogP contribution in [0.1, 0.15) is 12.5 Å². The lowest BCUT2D eigenvalue weighted by Gasteiger charge is -2.01. The molecule has 2 rings (SSSR count). The van der Waals surface area contributed by atoms with Crippen LogP contribution in [-0.4, -0.2) is 18.9 Å². The maximum Gasteiger partial charge on any atom is 0.332 e. The van der Waals surface area contributed by atoms with Gasteiger partial charge in [0.05, 0.1) is 0 Å². The first-order valence-electron chi connectivity index (χ1n) is 5.37. The third-order valence-electron chi connectivity index (χ3n) is 2.28. The molecule has 1 aliphatic heterocycles. The van der Waals surface area contributed by atoms with Gasteiger partial charge in [-0.3, -0.25) is 0 Å². The van der Waals surface area contributed by atoms with Crippen LogP contribution in [0.5, 0.6) is 11.5 Å². The first kappa shape index (κ1) is 12.0. The van der Waals surface area contributed by atoms with Crippen molar-refractivity contribution in [3.8, 4) is 17.6 Å². The first-order chi connectivity index (χ1) is 8.69. The zero-order valence-electron chi connectivity index (χ0n) is 9.75. The number of carbonyl (C=O) groups is 1. The minimum absolute atomic E-state index is 0.213. The van der Waals surface area contributed by atoms with Crippen molar-refractivity contribution in [2.45, 2.75) is 13.0 Å². The SMILES string of the molecule is CC(C#N)OC(=O)C=Cc1ccc2c(c1)OCO2. The molecule has 0 amide bonds. The topological polar surface area (TPSA) is 68.5 Å². The van der Waals surface area contributed by atoms with E-state index in [1.807, 2.05) is 6.07 Å². The number of fused-ring (bicyclic) bond motifs is 1. The normalized spacial score (nSPS) is 14.2. The van der Waals surface area contributed by atoms with E-state index in [1.165, 1.54) is 13.0 Å². The average Bonchev–Trinajstić information content (AvgIpc) is 2.83. The molecule has 0 radical (unpaired) electrons. The molecule has 1 heterocycles. The third kappa shape index (κ3) is 2.80. The number of carbonyl (C=O) groups excluding carboxylic acids is 1. The maximum absolute atomic E-state index is 11.3. The van der Waals surface area contributed by atoms with Crippen molar-refractivity contribution < 1.29 is 19.0 Å². The van der Waals surface area contributed by atoms with E-state index in [2.05, 4.69) is 0 Å². The van der Waals surface area contributed by atoms with E-state index < -0.39 is 12.1 Å². The summed E-state index contributed by atoms with van der Waals surface area (Å²) in [7, 11) is 0. The maximum atomic E-state index is 11.3. The van der Waals surface area contributed by atoms with Crippen molar-refractivity contribution in [1.82, 2.24) is 0 Å². The van der Waals surface area contributed by atoms with Gasteiger partial charge in [-0.15, -0.1) is 0 Å². The molecule has 1 aliphatic rings. The fraction of sp³-hybridized carbons (Fsp3) is 0.231. The lowest BCUT2D eigenvalue weighted by atomic mass is 10.2. The molecule has 0 saturated carbocycles. The minimum atomic E-state index is -0.751. The summed E-state index contributed by atoms with van der Waals surface area (Å²) in [6, 6.07) is 7.14. The largest absolute Gasteiger partial charge is 0.454 e. The van der Waals surface area contributed by atoms with E-state index in [9.17, 15) is 4.79 Å². The van der Waals surface area contributed by atoms with Gasteiger partial charge in [-0.1, -0.05) is 6.07 Å². The summed E-state index contributed by atoms with van der Waals surface area (Å²) in [5.41, 5.74) is 0.792. The zero-order chi connectivity index (χ0) is 13.0. The van der Waals surface area contributed by atoms with Crippen LogP contribution in [-0.2, 0) is 9.53 Å². The Morgan fingerprint density at radius 3 is 3.06 bits per heavy atom. The molecule has 5 nitrogen and oxygen atoms in total. The van der Waals surface area contributed by atoms with E-state index >= 15 is 0 Å². The Morgan fingerprint density at radius 1 is 1.50 bits per heavy atom. The predicted molar refractivity (Wildman–Crippen MR) is 62.8 cm³/mol. The first-order valence-corrected chi connectivity index (χ1v) is 5.37. The molecule has 1 unspecified atom stereocenters. The van der Waals surface area contributed by atoms with Crippen molar-refractivity contribution >= 4 is 12.0 Å². The van der Waals surface area contributed by atoms with Crippen LogP contribution in [0.4, 0.5) is 0 Å². The Labute approximate surface area is 104 Å². The average molecular weight is 245 g/mol. The third-order valence-corrected chi connectivity index (χ3v) is 2.28. The van der Waals surface area contributed by atoms with E-state index in [-0.39, 0.29) is 6.79 Å². The Hall–Kier alpha value is -2.48. The van der Waals surface area contributed by atoms with Crippen molar-refractivity contribution in [3.63, 3.8) is 0 Å². The Balaban J connectivity index is 2.01. The zero-order valence-corrected chi connectivity index (χ0v) is 9.75. The summed E-state index contributed by atoms with van der Waals surface area (Å²) in [4.78, 5) is 11.3. The monoisotopic (exact) mass is 245 g/mol. The van der Waals surface area contributed by atoms with E-state index in [0.29, 0.717) is 11.5 Å². The molecule has 0 N–H and O–H groups in total. The highest BCUT2D eigenvalue weighted by molar-refractivity contribution is 5.87. The summed E-state index contributed by atoms with van der Waals surface area (Å²) in [5.74, 6) is 0.783. The Kier molecular flexibility index (Phi) is 3.49. The predicted octanol–water partition coefficient (Wildman–Crippen LogP) is 1.88. The van der Waals surface area contributed by atoms with Crippen LogP contribution in [0.3, 0.4) is 0 Å². The summed E-state index contributed by atoms with van der Waals surface area (Å²) < 4.78 is 15.2. The van der Waals surface area contributed by atoms with Gasteiger partial charge in [0, 0.05) is 6.08 Å². The fourth-order valence-corrected chi connectivity index (χ4v) is 1.42. The Bertz CT molecular complexity index is 530. The highest BCUT2D eigenvalue weighted by Gasteiger charge is 2.12. The van der Waals surface area contributed by atoms with Crippen LogP contribution >= 0.6 is 0 Å². The molecule has 1 aromatic carbocycles. The molecule has 0 fully saturated rings. The molecule has 92 valence electrons. The van der Waals surface area contributed by atoms with E-state index in [4.69, 9.17) is 19.5 Å². The molecular weight excluding hydrogens is 234 g/mol. The van der Waals surface area contributed by atoms with Crippen molar-refractivity contribution in [2.75, 3.05) is 6.79 Å². The highest BCUT2D eigenvalue weighted by atomic mass is 16.7. The smallest absolute Gasteiger partial charge is 0.332 e. The van der Waals surface area contributed by atoms with Crippen molar-refractivity contribution in [1.29, 1.82) is 5.26 Å². The second kappa shape index (κ2) is 5.23. The highest BCUT2D eigenvalue weighted by Crippen LogP contribution is 2.32. The number of rotatable bonds is 3. The van der Waals surface area contributed by atoms with Gasteiger partial charge in [0.25, 0.3) is 0 Å². The van der Waals surface area contributed by atoms with Gasteiger partial charge >= 0.3 is 5.97 Å². The van der Waals surface area contributed by atoms with Crippen LogP contribution in [0.15, 0.2) is 24.3 Å². The van der Waals surface area contributed by atoms with Gasteiger partial charge in [0.15, 0.2) is 17.6 Å². The van der Waals surface area contributed by atoms with Gasteiger partial charge in [-0.05, 0) is 30.7 Å². The van der Waals surface area contributed by atoms with E-state index in [1.54, 1.807) is 24.3 Å². The molecule has 0 aliphatic carbocycles. The number of ether oxygens (including phenoxy) is 3. The standard InChI is InChI=1S/C13H11NO4/c1-9(7-14)18-13(15)5-3-10-2-4-11-12(6-10)17-8-16-11/h2-6,9H,8H2,1H3. The lowest BCUT2D eigenvalue weighted by molar-refractivity contribution is -0.139. The molecule has 0 bridgehead atoms. The summed E-state index contributed by atoms with van der Waals surface area (Å²) in [6.07, 6.45) is 2.11. The number of nitrogens with zero attached hydrogens (tertiary/aromatic N) is 1. The molecule has 0 spiro atoms. The second-order valence-corrected chi connectivity index (χ2v) is 3.65. The van der Waals surface area contributed by atoms with Crippen LogP contribution in [0.25, 0.3) is 6.08 Å². The van der Waals surface area contributed by atoms with Crippen molar-refractivity contribution in [3.05, 3.63) is 29.8 Å². The minimum Gasteiger partial charge on any atom is -0.454 e. The summed E-state index contributed by atoms with van der Waals surface area (Å²) >= 11 is 0. The number of esters is 1. The molecule has 5 heteroatoms. The van der Waals surface area contributed by atoms with Gasteiger partial charge in [-0.25, -0.2) is 4.79 Å². The van der Waals surface area contributed by atoms with Gasteiger partial charge in [0.1, 0.15) is 6.07 Å². The van der Waals surface area contributed by atoms with Gasteiger partial charge in [-0.2, -0.15) is 5.26 Å². The second-order valence-electron chi connectivity index (χ2n) is 3.65. The Morgan fingerprint density at radius 2 is 2.28 bits per heavy atom. The lowest BCUT2D eigenvalue weighted by Crippen LogP contribution is -2.10. The van der Waals surface area contributed by atoms with Crippen LogP contribution < -0.4 is 9.47 Å². The van der Waals surface area contributed by atoms with Crippen molar-refractivity contribution in [2.24, 2.45) is 0 Å².